The molecule has 0 aliphatic rings. The molecule has 1 unspecified atom stereocenters. The molecule has 1 heterocycles. The Bertz CT molecular complexity index is 470. The Morgan fingerprint density at radius 2 is 1.88 bits per heavy atom. The van der Waals surface area contributed by atoms with Crippen molar-refractivity contribution in [2.24, 2.45) is 0 Å². The number of nitrogens with zero attached hydrogens (tertiary/aromatic N) is 1. The third-order valence-electron chi connectivity index (χ3n) is 2.85. The molecule has 0 aliphatic heterocycles. The first kappa shape index (κ1) is 14.2. The number of rotatable bonds is 3. The molecule has 2 aromatic rings. The quantitative estimate of drug-likeness (QED) is 0.739. The van der Waals surface area contributed by atoms with E-state index in [2.05, 4.69) is 23.9 Å². The molecule has 2 nitrogen and oxygen atoms in total. The molecule has 92 valence electrons. The van der Waals surface area contributed by atoms with E-state index in [-0.39, 0.29) is 12.4 Å². The average Bonchev–Trinajstić information content (AvgIpc) is 2.62. The summed E-state index contributed by atoms with van der Waals surface area (Å²) in [7, 11) is 0. The Kier molecular flexibility index (Phi) is 5.12. The summed E-state index contributed by atoms with van der Waals surface area (Å²) < 4.78 is 2.11. The van der Waals surface area contributed by atoms with E-state index in [9.17, 15) is 5.11 Å². The van der Waals surface area contributed by atoms with Gasteiger partial charge in [0.2, 0.25) is 5.51 Å². The summed E-state index contributed by atoms with van der Waals surface area (Å²) in [5.41, 5.74) is 4.27. The molecule has 0 bridgehead atoms. The van der Waals surface area contributed by atoms with Crippen LogP contribution in [0.4, 0.5) is 0 Å². The third kappa shape index (κ3) is 3.28. The van der Waals surface area contributed by atoms with E-state index in [0.717, 1.165) is 5.56 Å². The monoisotopic (exact) mass is 269 g/mol. The lowest BCUT2D eigenvalue weighted by molar-refractivity contribution is -0.706. The van der Waals surface area contributed by atoms with Crippen LogP contribution < -0.4 is 17.0 Å². The largest absolute Gasteiger partial charge is 1.00 e. The molecule has 0 fully saturated rings. The van der Waals surface area contributed by atoms with Crippen LogP contribution in [0.5, 0.6) is 0 Å². The van der Waals surface area contributed by atoms with Gasteiger partial charge in [0.05, 0.1) is 4.88 Å². The van der Waals surface area contributed by atoms with Crippen LogP contribution in [0.3, 0.4) is 0 Å². The number of hydrogen-bond donors (Lipinski definition) is 1. The molecule has 2 rings (SSSR count). The Hall–Kier alpha value is -0.900. The van der Waals surface area contributed by atoms with Gasteiger partial charge in [-0.05, 0) is 12.5 Å². The standard InChI is InChI=1S/C13H16NOS.ClH/c1-10-11(2)16-9-14(10)8-13(15)12-6-4-3-5-7-12;/h3-7,9,13,15H,8H2,1-2H3;1H/q+1;/p-1. The second-order valence-corrected chi connectivity index (χ2v) is 5.00. The molecule has 1 atom stereocenters. The van der Waals surface area contributed by atoms with Crippen molar-refractivity contribution in [3.63, 3.8) is 0 Å². The van der Waals surface area contributed by atoms with Crippen LogP contribution in [0.25, 0.3) is 0 Å². The van der Waals surface area contributed by atoms with Crippen molar-refractivity contribution in [1.29, 1.82) is 0 Å². The van der Waals surface area contributed by atoms with Crippen LogP contribution in [-0.2, 0) is 6.54 Å². The average molecular weight is 270 g/mol. The van der Waals surface area contributed by atoms with E-state index in [1.165, 1.54) is 10.6 Å². The first-order chi connectivity index (χ1) is 7.68. The first-order valence-corrected chi connectivity index (χ1v) is 6.23. The number of aryl methyl sites for hydroxylation is 1. The third-order valence-corrected chi connectivity index (χ3v) is 3.86. The summed E-state index contributed by atoms with van der Waals surface area (Å²) in [4.78, 5) is 1.31. The molecule has 0 radical (unpaired) electrons. The van der Waals surface area contributed by atoms with E-state index in [0.29, 0.717) is 6.54 Å². The van der Waals surface area contributed by atoms with Gasteiger partial charge in [-0.2, -0.15) is 4.57 Å². The number of halogens is 1. The molecule has 1 aromatic carbocycles. The maximum atomic E-state index is 10.1. The number of hydrogen-bond acceptors (Lipinski definition) is 2. The topological polar surface area (TPSA) is 24.1 Å². The van der Waals surface area contributed by atoms with Crippen molar-refractivity contribution in [2.45, 2.75) is 26.5 Å². The fraction of sp³-hybridized carbons (Fsp3) is 0.308. The lowest BCUT2D eigenvalue weighted by Gasteiger charge is -2.06. The van der Waals surface area contributed by atoms with E-state index < -0.39 is 6.10 Å². The van der Waals surface area contributed by atoms with Gasteiger partial charge in [0.25, 0.3) is 0 Å². The van der Waals surface area contributed by atoms with Crippen molar-refractivity contribution in [3.8, 4) is 0 Å². The highest BCUT2D eigenvalue weighted by Crippen LogP contribution is 2.14. The Morgan fingerprint density at radius 3 is 2.41 bits per heavy atom. The van der Waals surface area contributed by atoms with E-state index in [1.54, 1.807) is 11.3 Å². The van der Waals surface area contributed by atoms with Gasteiger partial charge < -0.3 is 17.5 Å². The molecular formula is C13H16ClNOS. The maximum Gasteiger partial charge on any atom is 0.225 e. The minimum Gasteiger partial charge on any atom is -1.00 e. The Labute approximate surface area is 112 Å². The molecule has 17 heavy (non-hydrogen) atoms. The molecule has 0 saturated carbocycles. The summed E-state index contributed by atoms with van der Waals surface area (Å²) in [6.07, 6.45) is -0.432. The van der Waals surface area contributed by atoms with Crippen molar-refractivity contribution in [1.82, 2.24) is 0 Å². The Balaban J connectivity index is 0.00000144. The summed E-state index contributed by atoms with van der Waals surface area (Å²) >= 11 is 1.72. The predicted octanol–water partition coefficient (Wildman–Crippen LogP) is -0.610. The minimum absolute atomic E-state index is 0. The molecule has 0 aliphatic carbocycles. The SMILES string of the molecule is Cc1sc[n+](CC(O)c2ccccc2)c1C.[Cl-]. The molecule has 4 heteroatoms. The van der Waals surface area contributed by atoms with Gasteiger partial charge in [-0.15, -0.1) is 0 Å². The van der Waals surface area contributed by atoms with Crippen LogP contribution >= 0.6 is 11.3 Å². The fourth-order valence-electron chi connectivity index (χ4n) is 1.66. The highest BCUT2D eigenvalue weighted by Gasteiger charge is 2.17. The summed E-state index contributed by atoms with van der Waals surface area (Å²) in [5, 5.41) is 10.1. The highest BCUT2D eigenvalue weighted by molar-refractivity contribution is 7.09. The molecule has 0 saturated heterocycles. The van der Waals surface area contributed by atoms with Gasteiger partial charge in [0.15, 0.2) is 12.2 Å². The fourth-order valence-corrected chi connectivity index (χ4v) is 2.47. The van der Waals surface area contributed by atoms with Gasteiger partial charge in [0, 0.05) is 6.92 Å². The van der Waals surface area contributed by atoms with Crippen LogP contribution in [0.2, 0.25) is 0 Å². The summed E-state index contributed by atoms with van der Waals surface area (Å²) in [6.45, 7) is 4.81. The van der Waals surface area contributed by atoms with Crippen molar-refractivity contribution < 1.29 is 22.1 Å². The van der Waals surface area contributed by atoms with Gasteiger partial charge >= 0.3 is 0 Å². The normalized spacial score (nSPS) is 11.9. The molecule has 1 N–H and O–H groups in total. The number of thiazole rings is 1. The van der Waals surface area contributed by atoms with Crippen molar-refractivity contribution in [2.75, 3.05) is 0 Å². The minimum atomic E-state index is -0.432. The lowest BCUT2D eigenvalue weighted by atomic mass is 10.1. The number of aliphatic hydroxyl groups is 1. The number of aliphatic hydroxyl groups excluding tert-OH is 1. The van der Waals surface area contributed by atoms with E-state index in [1.807, 2.05) is 30.3 Å². The van der Waals surface area contributed by atoms with E-state index >= 15 is 0 Å². The molecule has 1 aromatic heterocycles. The number of benzene rings is 1. The molecule has 0 amide bonds. The van der Waals surface area contributed by atoms with Gasteiger partial charge in [-0.25, -0.2) is 0 Å². The zero-order valence-electron chi connectivity index (χ0n) is 9.93. The lowest BCUT2D eigenvalue weighted by Crippen LogP contribution is -3.00. The summed E-state index contributed by atoms with van der Waals surface area (Å²) in [6, 6.07) is 9.78. The van der Waals surface area contributed by atoms with Gasteiger partial charge in [-0.3, -0.25) is 0 Å². The number of aromatic nitrogens is 1. The predicted molar refractivity (Wildman–Crippen MR) is 65.4 cm³/mol. The first-order valence-electron chi connectivity index (χ1n) is 5.35. The molecular weight excluding hydrogens is 254 g/mol. The smallest absolute Gasteiger partial charge is 0.225 e. The second kappa shape index (κ2) is 6.15. The summed E-state index contributed by atoms with van der Waals surface area (Å²) in [5.74, 6) is 0. The van der Waals surface area contributed by atoms with Crippen LogP contribution in [0.15, 0.2) is 35.8 Å². The van der Waals surface area contributed by atoms with Gasteiger partial charge in [-0.1, -0.05) is 41.7 Å². The van der Waals surface area contributed by atoms with Crippen LogP contribution in [-0.4, -0.2) is 5.11 Å². The van der Waals surface area contributed by atoms with Gasteiger partial charge in [0.1, 0.15) is 6.10 Å². The Morgan fingerprint density at radius 1 is 1.24 bits per heavy atom. The van der Waals surface area contributed by atoms with E-state index in [4.69, 9.17) is 0 Å². The zero-order chi connectivity index (χ0) is 11.5. The zero-order valence-corrected chi connectivity index (χ0v) is 11.5. The van der Waals surface area contributed by atoms with Crippen LogP contribution in [0.1, 0.15) is 22.2 Å². The maximum absolute atomic E-state index is 10.1. The van der Waals surface area contributed by atoms with Crippen molar-refractivity contribution in [3.05, 3.63) is 52.0 Å². The second-order valence-electron chi connectivity index (χ2n) is 3.94. The van der Waals surface area contributed by atoms with Crippen LogP contribution in [0, 0.1) is 13.8 Å². The van der Waals surface area contributed by atoms with Crippen molar-refractivity contribution >= 4 is 11.3 Å². The molecule has 0 spiro atoms. The highest BCUT2D eigenvalue weighted by atomic mass is 35.5.